The first-order chi connectivity index (χ1) is 8.33. The molecule has 0 radical (unpaired) electrons. The molecule has 18 heavy (non-hydrogen) atoms. The lowest BCUT2D eigenvalue weighted by Gasteiger charge is -2.17. The zero-order valence-corrected chi connectivity index (χ0v) is 11.0. The first-order valence-electron chi connectivity index (χ1n) is 5.25. The minimum Gasteiger partial charge on any atom is -0.338 e. The van der Waals surface area contributed by atoms with Crippen LogP contribution in [0.5, 0.6) is 0 Å². The molecule has 1 aromatic rings. The Labute approximate surface area is 112 Å². The number of carbonyl (C=O) groups is 1. The molecule has 8 heteroatoms. The average molecular weight is 298 g/mol. The van der Waals surface area contributed by atoms with Crippen molar-refractivity contribution in [2.45, 2.75) is 23.8 Å². The molecule has 1 unspecified atom stereocenters. The molecule has 1 heterocycles. The SMILES string of the molecule is CN(Cc1nccn1C(F)F)C(=O)C1CC1(Cl)Cl. The number of nitrogens with zero attached hydrogens (tertiary/aromatic N) is 3. The number of carbonyl (C=O) groups excluding carboxylic acids is 1. The molecule has 4 nitrogen and oxygen atoms in total. The fraction of sp³-hybridized carbons (Fsp3) is 0.600. The van der Waals surface area contributed by atoms with Crippen molar-refractivity contribution < 1.29 is 13.6 Å². The smallest absolute Gasteiger partial charge is 0.319 e. The van der Waals surface area contributed by atoms with Gasteiger partial charge in [0.15, 0.2) is 0 Å². The topological polar surface area (TPSA) is 38.1 Å². The van der Waals surface area contributed by atoms with E-state index in [0.29, 0.717) is 11.0 Å². The lowest BCUT2D eigenvalue weighted by Crippen LogP contribution is -2.30. The number of hydrogen-bond donors (Lipinski definition) is 0. The number of rotatable bonds is 4. The van der Waals surface area contributed by atoms with E-state index in [2.05, 4.69) is 4.98 Å². The number of halogens is 4. The molecule has 1 atom stereocenters. The third-order valence-electron chi connectivity index (χ3n) is 2.84. The van der Waals surface area contributed by atoms with Gasteiger partial charge in [-0.15, -0.1) is 23.2 Å². The maximum absolute atomic E-state index is 12.6. The quantitative estimate of drug-likeness (QED) is 0.801. The third kappa shape index (κ3) is 2.59. The van der Waals surface area contributed by atoms with E-state index in [0.717, 1.165) is 0 Å². The van der Waals surface area contributed by atoms with Crippen molar-refractivity contribution in [1.29, 1.82) is 0 Å². The van der Waals surface area contributed by atoms with Crippen LogP contribution in [-0.4, -0.2) is 31.7 Å². The van der Waals surface area contributed by atoms with E-state index in [1.165, 1.54) is 24.3 Å². The summed E-state index contributed by atoms with van der Waals surface area (Å²) in [6.45, 7) is -2.68. The summed E-state index contributed by atoms with van der Waals surface area (Å²) in [7, 11) is 1.51. The standard InChI is InChI=1S/C10H11Cl2F2N3O/c1-16(8(18)6-4-10(6,11)12)5-7-15-2-3-17(7)9(13)14/h2-3,6,9H,4-5H2,1H3. The molecule has 0 saturated heterocycles. The minimum absolute atomic E-state index is 0.00344. The van der Waals surface area contributed by atoms with Crippen LogP contribution in [0.2, 0.25) is 0 Å². The summed E-state index contributed by atoms with van der Waals surface area (Å²) in [5, 5.41) is 0. The Morgan fingerprint density at radius 1 is 1.72 bits per heavy atom. The highest BCUT2D eigenvalue weighted by Gasteiger charge is 2.57. The van der Waals surface area contributed by atoms with Gasteiger partial charge in [0.05, 0.1) is 12.5 Å². The van der Waals surface area contributed by atoms with Crippen LogP contribution in [-0.2, 0) is 11.3 Å². The molecular formula is C10H11Cl2F2N3O. The van der Waals surface area contributed by atoms with Crippen molar-refractivity contribution in [1.82, 2.24) is 14.5 Å². The monoisotopic (exact) mass is 297 g/mol. The van der Waals surface area contributed by atoms with Crippen LogP contribution in [0.1, 0.15) is 18.8 Å². The highest BCUT2D eigenvalue weighted by Crippen LogP contribution is 2.53. The Bertz CT molecular complexity index is 464. The number of amides is 1. The van der Waals surface area contributed by atoms with Gasteiger partial charge in [-0.3, -0.25) is 9.36 Å². The molecule has 1 aromatic heterocycles. The van der Waals surface area contributed by atoms with Crippen LogP contribution in [0.3, 0.4) is 0 Å². The highest BCUT2D eigenvalue weighted by molar-refractivity contribution is 6.52. The lowest BCUT2D eigenvalue weighted by molar-refractivity contribution is -0.132. The third-order valence-corrected chi connectivity index (χ3v) is 3.67. The van der Waals surface area contributed by atoms with E-state index < -0.39 is 16.8 Å². The van der Waals surface area contributed by atoms with E-state index in [1.54, 1.807) is 0 Å². The molecule has 2 rings (SSSR count). The Morgan fingerprint density at radius 2 is 2.33 bits per heavy atom. The highest BCUT2D eigenvalue weighted by atomic mass is 35.5. The van der Waals surface area contributed by atoms with Gasteiger partial charge < -0.3 is 4.90 Å². The first kappa shape index (κ1) is 13.5. The maximum Gasteiger partial charge on any atom is 0.319 e. The largest absolute Gasteiger partial charge is 0.338 e. The van der Waals surface area contributed by atoms with Crippen LogP contribution >= 0.6 is 23.2 Å². The van der Waals surface area contributed by atoms with Gasteiger partial charge in [-0.2, -0.15) is 8.78 Å². The van der Waals surface area contributed by atoms with E-state index in [1.807, 2.05) is 0 Å². The van der Waals surface area contributed by atoms with Gasteiger partial charge in [0.25, 0.3) is 0 Å². The van der Waals surface area contributed by atoms with Gasteiger partial charge in [0.2, 0.25) is 5.91 Å². The van der Waals surface area contributed by atoms with Gasteiger partial charge in [-0.1, -0.05) is 0 Å². The fourth-order valence-corrected chi connectivity index (χ4v) is 2.18. The van der Waals surface area contributed by atoms with Crippen molar-refractivity contribution in [3.63, 3.8) is 0 Å². The van der Waals surface area contributed by atoms with E-state index in [-0.39, 0.29) is 18.3 Å². The van der Waals surface area contributed by atoms with Crippen LogP contribution in [0.4, 0.5) is 8.78 Å². The lowest BCUT2D eigenvalue weighted by atomic mass is 10.3. The van der Waals surface area contributed by atoms with E-state index >= 15 is 0 Å². The zero-order valence-electron chi connectivity index (χ0n) is 9.49. The Hall–Kier alpha value is -0.880. The molecule has 1 saturated carbocycles. The predicted molar refractivity (Wildman–Crippen MR) is 62.5 cm³/mol. The van der Waals surface area contributed by atoms with Crippen LogP contribution in [0.15, 0.2) is 12.4 Å². The molecule has 0 aliphatic heterocycles. The number of hydrogen-bond acceptors (Lipinski definition) is 2. The van der Waals surface area contributed by atoms with E-state index in [4.69, 9.17) is 23.2 Å². The summed E-state index contributed by atoms with van der Waals surface area (Å²) < 4.78 is 24.9. The molecule has 1 amide bonds. The average Bonchev–Trinajstić information content (AvgIpc) is 2.73. The summed E-state index contributed by atoms with van der Waals surface area (Å²) in [6.07, 6.45) is 2.83. The number of aromatic nitrogens is 2. The van der Waals surface area contributed by atoms with Crippen molar-refractivity contribution in [3.05, 3.63) is 18.2 Å². The fourth-order valence-electron chi connectivity index (χ4n) is 1.68. The van der Waals surface area contributed by atoms with Gasteiger partial charge in [0.1, 0.15) is 10.2 Å². The molecule has 0 N–H and O–H groups in total. The second kappa shape index (κ2) is 4.66. The molecular weight excluding hydrogens is 287 g/mol. The molecule has 1 aliphatic rings. The van der Waals surface area contributed by atoms with Crippen molar-refractivity contribution in [2.24, 2.45) is 5.92 Å². The minimum atomic E-state index is -2.67. The molecule has 100 valence electrons. The summed E-state index contributed by atoms with van der Waals surface area (Å²) >= 11 is 11.6. The van der Waals surface area contributed by atoms with Crippen LogP contribution < -0.4 is 0 Å². The van der Waals surface area contributed by atoms with Crippen molar-refractivity contribution >= 4 is 29.1 Å². The molecule has 0 aromatic carbocycles. The zero-order chi connectivity index (χ0) is 13.5. The predicted octanol–water partition coefficient (Wildman–Crippen LogP) is 2.43. The van der Waals surface area contributed by atoms with Gasteiger partial charge in [0, 0.05) is 19.4 Å². The second-order valence-electron chi connectivity index (χ2n) is 4.24. The normalized spacial score (nSPS) is 21.1. The molecule has 1 aliphatic carbocycles. The van der Waals surface area contributed by atoms with Gasteiger partial charge >= 0.3 is 6.55 Å². The van der Waals surface area contributed by atoms with Crippen molar-refractivity contribution in [2.75, 3.05) is 7.05 Å². The van der Waals surface area contributed by atoms with Gasteiger partial charge in [-0.25, -0.2) is 4.98 Å². The van der Waals surface area contributed by atoms with E-state index in [9.17, 15) is 13.6 Å². The molecule has 1 fully saturated rings. The Morgan fingerprint density at radius 3 is 2.83 bits per heavy atom. The second-order valence-corrected chi connectivity index (χ2v) is 5.78. The first-order valence-corrected chi connectivity index (χ1v) is 6.01. The summed E-state index contributed by atoms with van der Waals surface area (Å²) in [5.41, 5.74) is 0. The van der Waals surface area contributed by atoms with Gasteiger partial charge in [-0.05, 0) is 6.42 Å². The number of alkyl halides is 4. The summed E-state index contributed by atoms with van der Waals surface area (Å²) in [5.74, 6) is -0.596. The van der Waals surface area contributed by atoms with Crippen LogP contribution in [0, 0.1) is 5.92 Å². The Kier molecular flexibility index (Phi) is 3.51. The number of imidazole rings is 1. The Balaban J connectivity index is 2.01. The van der Waals surface area contributed by atoms with Crippen LogP contribution in [0.25, 0.3) is 0 Å². The van der Waals surface area contributed by atoms with Crippen molar-refractivity contribution in [3.8, 4) is 0 Å². The molecule has 0 bridgehead atoms. The maximum atomic E-state index is 12.6. The molecule has 0 spiro atoms. The summed E-state index contributed by atoms with van der Waals surface area (Å²) in [6, 6.07) is 0. The summed E-state index contributed by atoms with van der Waals surface area (Å²) in [4.78, 5) is 17.0.